The second kappa shape index (κ2) is 7.93. The van der Waals surface area contributed by atoms with Gasteiger partial charge < -0.3 is 5.32 Å². The molecule has 1 aromatic rings. The molecule has 23 heavy (non-hydrogen) atoms. The Hall–Kier alpha value is -1.40. The van der Waals surface area contributed by atoms with E-state index in [0.29, 0.717) is 13.1 Å². The Kier molecular flexibility index (Phi) is 6.18. The van der Waals surface area contributed by atoms with Crippen molar-refractivity contribution in [3.05, 3.63) is 35.9 Å². The molecule has 128 valence electrons. The highest BCUT2D eigenvalue weighted by Crippen LogP contribution is 2.22. The largest absolute Gasteiger partial charge is 0.349 e. The van der Waals surface area contributed by atoms with Crippen LogP contribution in [0.15, 0.2) is 30.3 Å². The number of rotatable bonds is 6. The summed E-state index contributed by atoms with van der Waals surface area (Å²) in [5, 5.41) is 3.08. The van der Waals surface area contributed by atoms with Gasteiger partial charge in [-0.05, 0) is 31.7 Å². The molecular formula is C17H26N2O3S. The zero-order valence-corrected chi connectivity index (χ0v) is 14.7. The molecule has 2 unspecified atom stereocenters. The number of piperidine rings is 1. The molecule has 0 aliphatic carbocycles. The summed E-state index contributed by atoms with van der Waals surface area (Å²) in [4.78, 5) is 12.6. The van der Waals surface area contributed by atoms with Crippen LogP contribution in [0.25, 0.3) is 0 Å². The maximum atomic E-state index is 12.6. The van der Waals surface area contributed by atoms with Crippen molar-refractivity contribution in [1.82, 2.24) is 9.62 Å². The van der Waals surface area contributed by atoms with Crippen LogP contribution in [0, 0.1) is 5.92 Å². The third kappa shape index (κ3) is 4.54. The van der Waals surface area contributed by atoms with Gasteiger partial charge in [-0.25, -0.2) is 12.7 Å². The van der Waals surface area contributed by atoms with Crippen molar-refractivity contribution >= 4 is 15.9 Å². The molecule has 1 aromatic carbocycles. The minimum absolute atomic E-state index is 0.0261. The van der Waals surface area contributed by atoms with Crippen molar-refractivity contribution in [2.45, 2.75) is 39.2 Å². The second-order valence-electron chi connectivity index (χ2n) is 5.98. The molecule has 1 aliphatic heterocycles. The van der Waals surface area contributed by atoms with Gasteiger partial charge >= 0.3 is 0 Å². The van der Waals surface area contributed by atoms with Crippen molar-refractivity contribution in [2.75, 3.05) is 18.8 Å². The lowest BCUT2D eigenvalue weighted by Crippen LogP contribution is -2.46. The second-order valence-corrected chi connectivity index (χ2v) is 8.24. The van der Waals surface area contributed by atoms with E-state index < -0.39 is 10.0 Å². The van der Waals surface area contributed by atoms with Gasteiger partial charge in [-0.2, -0.15) is 0 Å². The van der Waals surface area contributed by atoms with Crippen molar-refractivity contribution in [2.24, 2.45) is 5.92 Å². The molecule has 1 heterocycles. The quantitative estimate of drug-likeness (QED) is 0.865. The topological polar surface area (TPSA) is 66.5 Å². The first-order valence-electron chi connectivity index (χ1n) is 8.31. The summed E-state index contributed by atoms with van der Waals surface area (Å²) in [7, 11) is -3.22. The van der Waals surface area contributed by atoms with Gasteiger partial charge in [0.25, 0.3) is 0 Å². The Morgan fingerprint density at radius 3 is 2.61 bits per heavy atom. The van der Waals surface area contributed by atoms with Crippen LogP contribution in [0.5, 0.6) is 0 Å². The summed E-state index contributed by atoms with van der Waals surface area (Å²) in [6.07, 6.45) is 2.28. The molecule has 1 aliphatic rings. The number of carbonyl (C=O) groups is 1. The maximum absolute atomic E-state index is 12.6. The highest BCUT2D eigenvalue weighted by molar-refractivity contribution is 7.89. The molecule has 5 nitrogen and oxygen atoms in total. The van der Waals surface area contributed by atoms with Crippen molar-refractivity contribution in [1.29, 1.82) is 0 Å². The minimum atomic E-state index is -3.22. The first-order valence-corrected chi connectivity index (χ1v) is 9.92. The Labute approximate surface area is 139 Å². The fraction of sp³-hybridized carbons (Fsp3) is 0.588. The number of hydrogen-bond donors (Lipinski definition) is 1. The van der Waals surface area contributed by atoms with E-state index in [0.717, 1.165) is 24.8 Å². The lowest BCUT2D eigenvalue weighted by molar-refractivity contribution is -0.126. The van der Waals surface area contributed by atoms with Gasteiger partial charge in [0.15, 0.2) is 0 Å². The SMILES string of the molecule is CCC(NC(=O)C1CCCN(S(=O)(=O)CC)C1)c1ccccc1. The highest BCUT2D eigenvalue weighted by Gasteiger charge is 2.32. The molecule has 1 N–H and O–H groups in total. The van der Waals surface area contributed by atoms with E-state index in [1.807, 2.05) is 37.3 Å². The predicted molar refractivity (Wildman–Crippen MR) is 91.4 cm³/mol. The summed E-state index contributed by atoms with van der Waals surface area (Å²) in [5.74, 6) is -0.220. The number of sulfonamides is 1. The number of carbonyl (C=O) groups excluding carboxylic acids is 1. The number of nitrogens with zero attached hydrogens (tertiary/aromatic N) is 1. The molecule has 1 fully saturated rings. The standard InChI is InChI=1S/C17H26N2O3S/c1-3-16(14-9-6-5-7-10-14)18-17(20)15-11-8-12-19(13-15)23(21,22)4-2/h5-7,9-10,15-16H,3-4,8,11-13H2,1-2H3,(H,18,20). The lowest BCUT2D eigenvalue weighted by atomic mass is 9.97. The molecule has 0 saturated carbocycles. The van der Waals surface area contributed by atoms with Crippen LogP contribution in [0.3, 0.4) is 0 Å². The van der Waals surface area contributed by atoms with Crippen molar-refractivity contribution in [3.63, 3.8) is 0 Å². The number of benzene rings is 1. The third-order valence-electron chi connectivity index (χ3n) is 4.44. The van der Waals surface area contributed by atoms with Crippen molar-refractivity contribution in [3.8, 4) is 0 Å². The van der Waals surface area contributed by atoms with Crippen LogP contribution < -0.4 is 5.32 Å². The average Bonchev–Trinajstić information content (AvgIpc) is 2.60. The summed E-state index contributed by atoms with van der Waals surface area (Å²) in [5.41, 5.74) is 1.08. The van der Waals surface area contributed by atoms with Gasteiger partial charge in [0.2, 0.25) is 15.9 Å². The zero-order chi connectivity index (χ0) is 16.9. The molecule has 0 spiro atoms. The van der Waals surface area contributed by atoms with Crippen LogP contribution >= 0.6 is 0 Å². The smallest absolute Gasteiger partial charge is 0.224 e. The minimum Gasteiger partial charge on any atom is -0.349 e. The molecule has 1 amide bonds. The molecule has 0 radical (unpaired) electrons. The van der Waals surface area contributed by atoms with Gasteiger partial charge in [0.1, 0.15) is 0 Å². The fourth-order valence-corrected chi connectivity index (χ4v) is 4.17. The summed E-state index contributed by atoms with van der Waals surface area (Å²) >= 11 is 0. The van der Waals surface area contributed by atoms with Crippen LogP contribution in [0.2, 0.25) is 0 Å². The molecule has 2 rings (SSSR count). The van der Waals surface area contributed by atoms with Gasteiger partial charge in [-0.15, -0.1) is 0 Å². The number of amides is 1. The zero-order valence-electron chi connectivity index (χ0n) is 13.9. The Morgan fingerprint density at radius 2 is 2.00 bits per heavy atom. The molecular weight excluding hydrogens is 312 g/mol. The average molecular weight is 338 g/mol. The van der Waals surface area contributed by atoms with E-state index in [2.05, 4.69) is 5.32 Å². The molecule has 1 saturated heterocycles. The Balaban J connectivity index is 2.02. The number of nitrogens with one attached hydrogen (secondary N) is 1. The van der Waals surface area contributed by atoms with E-state index in [1.165, 1.54) is 4.31 Å². The van der Waals surface area contributed by atoms with Crippen molar-refractivity contribution < 1.29 is 13.2 Å². The van der Waals surface area contributed by atoms with Gasteiger partial charge in [0.05, 0.1) is 17.7 Å². The lowest BCUT2D eigenvalue weighted by Gasteiger charge is -2.32. The molecule has 0 bridgehead atoms. The number of hydrogen-bond acceptors (Lipinski definition) is 3. The van der Waals surface area contributed by atoms with Crippen LogP contribution in [0.4, 0.5) is 0 Å². The summed E-state index contributed by atoms with van der Waals surface area (Å²) < 4.78 is 25.5. The van der Waals surface area contributed by atoms with Gasteiger partial charge in [-0.3, -0.25) is 4.79 Å². The first-order chi connectivity index (χ1) is 11.0. The maximum Gasteiger partial charge on any atom is 0.224 e. The monoisotopic (exact) mass is 338 g/mol. The third-order valence-corrected chi connectivity index (χ3v) is 6.29. The molecule has 0 aromatic heterocycles. The van der Waals surface area contributed by atoms with Crippen LogP contribution in [-0.2, 0) is 14.8 Å². The predicted octanol–water partition coefficient (Wildman–Crippen LogP) is 2.32. The van der Waals surface area contributed by atoms with E-state index in [1.54, 1.807) is 6.92 Å². The first kappa shape index (κ1) is 17.9. The van der Waals surface area contributed by atoms with E-state index >= 15 is 0 Å². The van der Waals surface area contributed by atoms with Crippen LogP contribution in [-0.4, -0.2) is 37.5 Å². The summed E-state index contributed by atoms with van der Waals surface area (Å²) in [6, 6.07) is 9.85. The normalized spacial score (nSPS) is 20.9. The Morgan fingerprint density at radius 1 is 1.30 bits per heavy atom. The fourth-order valence-electron chi connectivity index (χ4n) is 2.99. The van der Waals surface area contributed by atoms with Gasteiger partial charge in [0, 0.05) is 13.1 Å². The van der Waals surface area contributed by atoms with E-state index in [9.17, 15) is 13.2 Å². The Bertz CT molecular complexity index is 616. The van der Waals surface area contributed by atoms with Crippen LogP contribution in [0.1, 0.15) is 44.7 Å². The van der Waals surface area contributed by atoms with E-state index in [-0.39, 0.29) is 23.6 Å². The summed E-state index contributed by atoms with van der Waals surface area (Å²) in [6.45, 7) is 4.50. The molecule has 2 atom stereocenters. The van der Waals surface area contributed by atoms with E-state index in [4.69, 9.17) is 0 Å². The van der Waals surface area contributed by atoms with Gasteiger partial charge in [-0.1, -0.05) is 37.3 Å². The highest BCUT2D eigenvalue weighted by atomic mass is 32.2. The molecule has 6 heteroatoms.